The predicted molar refractivity (Wildman–Crippen MR) is 122 cm³/mol. The Balaban J connectivity index is 0.00000392. The lowest BCUT2D eigenvalue weighted by atomic mass is 10.1. The quantitative estimate of drug-likeness (QED) is 0.327. The number of aliphatic imine (C=N–C) groups is 1. The Hall–Kier alpha value is -1.87. The molecule has 0 heterocycles. The van der Waals surface area contributed by atoms with Crippen LogP contribution in [-0.2, 0) is 6.54 Å². The molecule has 0 aromatic heterocycles. The molecule has 2 rings (SSSR count). The van der Waals surface area contributed by atoms with E-state index in [2.05, 4.69) is 10.3 Å². The molecule has 1 atom stereocenters. The average Bonchev–Trinajstić information content (AvgIpc) is 2.67. The van der Waals surface area contributed by atoms with Gasteiger partial charge in [-0.2, -0.15) is 0 Å². The van der Waals surface area contributed by atoms with Crippen molar-refractivity contribution in [2.24, 2.45) is 4.99 Å². The molecule has 2 aromatic carbocycles. The van der Waals surface area contributed by atoms with Crippen LogP contribution in [0.4, 0.5) is 4.39 Å². The van der Waals surface area contributed by atoms with E-state index in [0.29, 0.717) is 25.7 Å². The number of hydrogen-bond acceptors (Lipinski definition) is 3. The molecule has 0 radical (unpaired) electrons. The molecule has 2 aromatic rings. The van der Waals surface area contributed by atoms with Crippen molar-refractivity contribution in [3.8, 4) is 5.75 Å². The molecule has 0 saturated carbocycles. The van der Waals surface area contributed by atoms with Crippen LogP contribution in [-0.4, -0.2) is 42.7 Å². The van der Waals surface area contributed by atoms with Crippen LogP contribution in [0.25, 0.3) is 0 Å². The molecule has 0 aliphatic rings. The van der Waals surface area contributed by atoms with E-state index in [4.69, 9.17) is 4.74 Å². The highest BCUT2D eigenvalue weighted by atomic mass is 127. The summed E-state index contributed by atoms with van der Waals surface area (Å²) in [5, 5.41) is 13.5. The zero-order chi connectivity index (χ0) is 19.6. The summed E-state index contributed by atoms with van der Waals surface area (Å²) in [7, 11) is 1.92. The Bertz CT molecular complexity index is 741. The van der Waals surface area contributed by atoms with Crippen LogP contribution in [0.3, 0.4) is 0 Å². The van der Waals surface area contributed by atoms with E-state index >= 15 is 0 Å². The maximum absolute atomic E-state index is 13.8. The monoisotopic (exact) mass is 501 g/mol. The highest BCUT2D eigenvalue weighted by Gasteiger charge is 2.13. The fourth-order valence-corrected chi connectivity index (χ4v) is 2.69. The molecule has 0 spiro atoms. The van der Waals surface area contributed by atoms with Gasteiger partial charge in [0, 0.05) is 25.7 Å². The molecule has 5 nitrogen and oxygen atoms in total. The van der Waals surface area contributed by atoms with Crippen molar-refractivity contribution in [1.29, 1.82) is 0 Å². The van der Waals surface area contributed by atoms with Gasteiger partial charge in [0.05, 0.1) is 13.2 Å². The minimum atomic E-state index is -0.987. The normalized spacial score (nSPS) is 12.1. The zero-order valence-electron chi connectivity index (χ0n) is 16.6. The molecule has 2 N–H and O–H groups in total. The highest BCUT2D eigenvalue weighted by Crippen LogP contribution is 2.17. The second kappa shape index (κ2) is 12.6. The number of aliphatic hydroxyl groups is 1. The molecule has 0 saturated heterocycles. The summed E-state index contributed by atoms with van der Waals surface area (Å²) >= 11 is 0. The largest absolute Gasteiger partial charge is 0.494 e. The van der Waals surface area contributed by atoms with E-state index in [-0.39, 0.29) is 36.1 Å². The van der Waals surface area contributed by atoms with E-state index in [1.165, 1.54) is 6.07 Å². The van der Waals surface area contributed by atoms with Gasteiger partial charge in [-0.1, -0.05) is 30.3 Å². The van der Waals surface area contributed by atoms with Gasteiger partial charge >= 0.3 is 0 Å². The first kappa shape index (κ1) is 24.2. The first-order valence-corrected chi connectivity index (χ1v) is 9.18. The molecular weight excluding hydrogens is 472 g/mol. The minimum Gasteiger partial charge on any atom is -0.494 e. The van der Waals surface area contributed by atoms with Crippen molar-refractivity contribution in [3.63, 3.8) is 0 Å². The minimum absolute atomic E-state index is 0. The molecule has 1 unspecified atom stereocenters. The van der Waals surface area contributed by atoms with Crippen molar-refractivity contribution in [2.75, 3.05) is 26.7 Å². The molecule has 0 fully saturated rings. The molecule has 28 heavy (non-hydrogen) atoms. The summed E-state index contributed by atoms with van der Waals surface area (Å²) in [6.07, 6.45) is -0.987. The number of rotatable bonds is 8. The van der Waals surface area contributed by atoms with Crippen molar-refractivity contribution in [2.45, 2.75) is 26.5 Å². The van der Waals surface area contributed by atoms with Crippen molar-refractivity contribution in [3.05, 3.63) is 65.5 Å². The number of benzene rings is 2. The van der Waals surface area contributed by atoms with Gasteiger partial charge in [-0.05, 0) is 37.6 Å². The number of nitrogens with one attached hydrogen (secondary N) is 1. The lowest BCUT2D eigenvalue weighted by molar-refractivity contribution is 0.181. The van der Waals surface area contributed by atoms with Gasteiger partial charge in [-0.3, -0.25) is 4.99 Å². The van der Waals surface area contributed by atoms with Gasteiger partial charge < -0.3 is 20.1 Å². The predicted octanol–water partition coefficient (Wildman–Crippen LogP) is 3.97. The average molecular weight is 501 g/mol. The second-order valence-corrected chi connectivity index (χ2v) is 6.16. The molecular formula is C21H29FIN3O2. The van der Waals surface area contributed by atoms with E-state index in [1.54, 1.807) is 18.2 Å². The Kier molecular flexibility index (Phi) is 10.8. The van der Waals surface area contributed by atoms with Crippen molar-refractivity contribution in [1.82, 2.24) is 10.2 Å². The maximum Gasteiger partial charge on any atom is 0.194 e. The summed E-state index contributed by atoms with van der Waals surface area (Å²) < 4.78 is 19.3. The van der Waals surface area contributed by atoms with Gasteiger partial charge in [0.2, 0.25) is 0 Å². The van der Waals surface area contributed by atoms with Gasteiger partial charge in [0.15, 0.2) is 5.96 Å². The van der Waals surface area contributed by atoms with Gasteiger partial charge in [-0.15, -0.1) is 24.0 Å². The molecule has 0 bridgehead atoms. The van der Waals surface area contributed by atoms with Crippen LogP contribution in [0, 0.1) is 5.82 Å². The lowest BCUT2D eigenvalue weighted by Gasteiger charge is -2.23. The summed E-state index contributed by atoms with van der Waals surface area (Å²) in [4.78, 5) is 6.43. The summed E-state index contributed by atoms with van der Waals surface area (Å²) in [6, 6.07) is 14.1. The van der Waals surface area contributed by atoms with Gasteiger partial charge in [-0.25, -0.2) is 4.39 Å². The summed E-state index contributed by atoms with van der Waals surface area (Å²) in [6.45, 7) is 6.00. The number of aliphatic hydroxyl groups excluding tert-OH is 1. The summed E-state index contributed by atoms with van der Waals surface area (Å²) in [5.41, 5.74) is 1.37. The standard InChI is InChI=1S/C21H28FN3O2.HI/c1-4-23-21(24-14-20(26)18-8-6-7-9-19(18)22)25(3)15-16-10-12-17(13-11-16)27-5-2;/h6-13,20,26H,4-5,14-15H2,1-3H3,(H,23,24);1H. The third-order valence-electron chi connectivity index (χ3n) is 4.03. The van der Waals surface area contributed by atoms with Crippen LogP contribution in [0.1, 0.15) is 31.1 Å². The topological polar surface area (TPSA) is 57.1 Å². The van der Waals surface area contributed by atoms with Crippen molar-refractivity contribution < 1.29 is 14.2 Å². The van der Waals surface area contributed by atoms with Crippen LogP contribution in [0.5, 0.6) is 5.75 Å². The Morgan fingerprint density at radius 3 is 2.46 bits per heavy atom. The molecule has 7 heteroatoms. The lowest BCUT2D eigenvalue weighted by Crippen LogP contribution is -2.38. The van der Waals surface area contributed by atoms with E-state index in [9.17, 15) is 9.50 Å². The first-order chi connectivity index (χ1) is 13.0. The van der Waals surface area contributed by atoms with Gasteiger partial charge in [0.25, 0.3) is 0 Å². The third-order valence-corrected chi connectivity index (χ3v) is 4.03. The fourth-order valence-electron chi connectivity index (χ4n) is 2.69. The number of hydrogen-bond donors (Lipinski definition) is 2. The fraction of sp³-hybridized carbons (Fsp3) is 0.381. The van der Waals surface area contributed by atoms with E-state index < -0.39 is 11.9 Å². The number of guanidine groups is 1. The number of ether oxygens (including phenoxy) is 1. The maximum atomic E-state index is 13.8. The Morgan fingerprint density at radius 2 is 1.86 bits per heavy atom. The van der Waals surface area contributed by atoms with Crippen LogP contribution in [0.2, 0.25) is 0 Å². The number of nitrogens with zero attached hydrogens (tertiary/aromatic N) is 2. The summed E-state index contributed by atoms with van der Waals surface area (Å²) in [5.74, 6) is 1.08. The highest BCUT2D eigenvalue weighted by molar-refractivity contribution is 14.0. The van der Waals surface area contributed by atoms with Gasteiger partial charge in [0.1, 0.15) is 17.7 Å². The Labute approximate surface area is 183 Å². The van der Waals surface area contributed by atoms with E-state index in [0.717, 1.165) is 11.3 Å². The van der Waals surface area contributed by atoms with Crippen LogP contribution in [0.15, 0.2) is 53.5 Å². The number of halogens is 2. The Morgan fingerprint density at radius 1 is 1.18 bits per heavy atom. The van der Waals surface area contributed by atoms with Crippen molar-refractivity contribution >= 4 is 29.9 Å². The van der Waals surface area contributed by atoms with E-state index in [1.807, 2.05) is 50.1 Å². The molecule has 154 valence electrons. The zero-order valence-corrected chi connectivity index (χ0v) is 18.9. The third kappa shape index (κ3) is 7.27. The SMILES string of the molecule is CCNC(=NCC(O)c1ccccc1F)N(C)Cc1ccc(OCC)cc1.I. The van der Waals surface area contributed by atoms with Crippen LogP contribution >= 0.6 is 24.0 Å². The second-order valence-electron chi connectivity index (χ2n) is 6.16. The molecule has 0 aliphatic carbocycles. The molecule has 0 amide bonds. The smallest absolute Gasteiger partial charge is 0.194 e. The molecule has 0 aliphatic heterocycles. The van der Waals surface area contributed by atoms with Crippen LogP contribution < -0.4 is 10.1 Å². The first-order valence-electron chi connectivity index (χ1n) is 9.18.